The Morgan fingerprint density at radius 3 is 2.42 bits per heavy atom. The van der Waals surface area contributed by atoms with Crippen LogP contribution in [0.2, 0.25) is 5.02 Å². The molecule has 0 amide bonds. The van der Waals surface area contributed by atoms with Crippen LogP contribution in [0, 0.1) is 6.92 Å². The normalized spacial score (nSPS) is 11.3. The predicted octanol–water partition coefficient (Wildman–Crippen LogP) is 5.63. The number of hydrogen-bond acceptors (Lipinski definition) is 4. The third-order valence-electron chi connectivity index (χ3n) is 4.11. The van der Waals surface area contributed by atoms with E-state index in [1.165, 1.54) is 0 Å². The lowest BCUT2D eigenvalue weighted by molar-refractivity contribution is 0.319. The molecule has 0 fully saturated rings. The molecule has 0 aromatic heterocycles. The lowest BCUT2D eigenvalue weighted by atomic mass is 9.98. The fourth-order valence-electron chi connectivity index (χ4n) is 2.78. The van der Waals surface area contributed by atoms with E-state index < -0.39 is 0 Å². The zero-order valence-corrected chi connectivity index (χ0v) is 15.3. The molecule has 0 unspecified atom stereocenters. The van der Waals surface area contributed by atoms with Crippen molar-refractivity contribution in [3.8, 4) is 5.75 Å². The van der Waals surface area contributed by atoms with E-state index in [0.29, 0.717) is 16.3 Å². The summed E-state index contributed by atoms with van der Waals surface area (Å²) < 4.78 is 5.35. The zero-order chi connectivity index (χ0) is 18.5. The number of nitrogens with zero attached hydrogens (tertiary/aromatic N) is 1. The van der Waals surface area contributed by atoms with E-state index in [1.807, 2.05) is 67.6 Å². The van der Waals surface area contributed by atoms with Gasteiger partial charge in [-0.3, -0.25) is 0 Å². The number of methoxy groups -OCH3 is 1. The van der Waals surface area contributed by atoms with Crippen LogP contribution in [-0.4, -0.2) is 18.0 Å². The summed E-state index contributed by atoms with van der Waals surface area (Å²) in [5.74, 6) is 0.741. The van der Waals surface area contributed by atoms with E-state index in [2.05, 4.69) is 10.5 Å². The van der Waals surface area contributed by atoms with Crippen LogP contribution in [0.5, 0.6) is 5.75 Å². The fourth-order valence-corrected chi connectivity index (χ4v) is 3.05. The number of anilines is 2. The van der Waals surface area contributed by atoms with Crippen molar-refractivity contribution in [1.29, 1.82) is 0 Å². The first kappa shape index (κ1) is 17.8. The van der Waals surface area contributed by atoms with Gasteiger partial charge in [0.05, 0.1) is 17.8 Å². The maximum absolute atomic E-state index is 9.55. The summed E-state index contributed by atoms with van der Waals surface area (Å²) in [6.45, 7) is 1.96. The molecule has 0 atom stereocenters. The number of halogens is 1. The third-order valence-corrected chi connectivity index (χ3v) is 4.42. The molecule has 0 aliphatic carbocycles. The van der Waals surface area contributed by atoms with Crippen LogP contribution in [0.3, 0.4) is 0 Å². The maximum atomic E-state index is 9.55. The average molecular weight is 367 g/mol. The predicted molar refractivity (Wildman–Crippen MR) is 106 cm³/mol. The highest BCUT2D eigenvalue weighted by atomic mass is 35.5. The van der Waals surface area contributed by atoms with Gasteiger partial charge in [-0.05, 0) is 42.8 Å². The Labute approximate surface area is 157 Å². The van der Waals surface area contributed by atoms with Gasteiger partial charge in [-0.1, -0.05) is 53.2 Å². The van der Waals surface area contributed by atoms with Crippen LogP contribution in [0.25, 0.3) is 0 Å². The molecule has 4 nitrogen and oxygen atoms in total. The van der Waals surface area contributed by atoms with Gasteiger partial charge >= 0.3 is 0 Å². The summed E-state index contributed by atoms with van der Waals surface area (Å²) in [5.41, 5.74) is 4.60. The minimum atomic E-state index is 0.442. The first-order chi connectivity index (χ1) is 12.6. The summed E-state index contributed by atoms with van der Waals surface area (Å²) >= 11 is 6.48. The summed E-state index contributed by atoms with van der Waals surface area (Å²) in [4.78, 5) is 0. The molecule has 0 radical (unpaired) electrons. The standard InChI is InChI=1S/C21H19ClN2O2/c1-14-7-3-4-8-16(14)21(24-25)17-12-11-15(13-18(17)22)23-19-9-5-6-10-20(19)26-2/h3-13,23,25H,1-2H3/b24-21+. The van der Waals surface area contributed by atoms with Crippen molar-refractivity contribution in [2.45, 2.75) is 6.92 Å². The van der Waals surface area contributed by atoms with Crippen molar-refractivity contribution >= 4 is 28.7 Å². The monoisotopic (exact) mass is 366 g/mol. The summed E-state index contributed by atoms with van der Waals surface area (Å²) in [6, 6.07) is 20.9. The highest BCUT2D eigenvalue weighted by molar-refractivity contribution is 6.35. The molecule has 0 aliphatic rings. The van der Waals surface area contributed by atoms with Gasteiger partial charge in [0, 0.05) is 16.8 Å². The molecule has 5 heteroatoms. The Hall–Kier alpha value is -2.98. The van der Waals surface area contributed by atoms with Gasteiger partial charge in [0.2, 0.25) is 0 Å². The lowest BCUT2D eigenvalue weighted by Gasteiger charge is -2.14. The van der Waals surface area contributed by atoms with E-state index in [1.54, 1.807) is 13.2 Å². The Balaban J connectivity index is 1.94. The average Bonchev–Trinajstić information content (AvgIpc) is 2.66. The van der Waals surface area contributed by atoms with E-state index in [0.717, 1.165) is 28.3 Å². The van der Waals surface area contributed by atoms with E-state index in [-0.39, 0.29) is 0 Å². The Morgan fingerprint density at radius 1 is 1.00 bits per heavy atom. The Morgan fingerprint density at radius 2 is 1.73 bits per heavy atom. The number of para-hydroxylation sites is 2. The summed E-state index contributed by atoms with van der Waals surface area (Å²) in [7, 11) is 1.63. The number of oxime groups is 1. The molecule has 132 valence electrons. The molecule has 3 rings (SSSR count). The number of benzene rings is 3. The maximum Gasteiger partial charge on any atom is 0.142 e. The molecule has 2 N–H and O–H groups in total. The Kier molecular flexibility index (Phi) is 5.44. The second-order valence-electron chi connectivity index (χ2n) is 5.78. The van der Waals surface area contributed by atoms with Crippen LogP contribution in [0.15, 0.2) is 71.9 Å². The first-order valence-electron chi connectivity index (χ1n) is 8.12. The van der Waals surface area contributed by atoms with Crippen LogP contribution in [0.1, 0.15) is 16.7 Å². The van der Waals surface area contributed by atoms with Crippen molar-refractivity contribution in [2.75, 3.05) is 12.4 Å². The molecule has 0 saturated heterocycles. The van der Waals surface area contributed by atoms with Gasteiger partial charge in [-0.25, -0.2) is 0 Å². The molecular weight excluding hydrogens is 348 g/mol. The molecule has 3 aromatic rings. The number of nitrogens with one attached hydrogen (secondary N) is 1. The van der Waals surface area contributed by atoms with Crippen LogP contribution in [0.4, 0.5) is 11.4 Å². The number of hydrogen-bond donors (Lipinski definition) is 2. The largest absolute Gasteiger partial charge is 0.495 e. The van der Waals surface area contributed by atoms with Crippen molar-refractivity contribution in [3.63, 3.8) is 0 Å². The lowest BCUT2D eigenvalue weighted by Crippen LogP contribution is -2.06. The van der Waals surface area contributed by atoms with Gasteiger partial charge in [0.25, 0.3) is 0 Å². The molecule has 0 saturated carbocycles. The van der Waals surface area contributed by atoms with Gasteiger partial charge in [-0.2, -0.15) is 0 Å². The molecule has 0 bridgehead atoms. The minimum absolute atomic E-state index is 0.442. The fraction of sp³-hybridized carbons (Fsp3) is 0.0952. The van der Waals surface area contributed by atoms with E-state index in [4.69, 9.17) is 16.3 Å². The first-order valence-corrected chi connectivity index (χ1v) is 8.50. The van der Waals surface area contributed by atoms with Crippen LogP contribution in [-0.2, 0) is 0 Å². The third kappa shape index (κ3) is 3.65. The molecule has 0 aliphatic heterocycles. The van der Waals surface area contributed by atoms with Gasteiger partial charge < -0.3 is 15.3 Å². The SMILES string of the molecule is COc1ccccc1Nc1ccc(/C(=N/O)c2ccccc2C)c(Cl)c1. The second kappa shape index (κ2) is 7.93. The van der Waals surface area contributed by atoms with Gasteiger partial charge in [0.15, 0.2) is 0 Å². The number of aryl methyl sites for hydroxylation is 1. The molecule has 26 heavy (non-hydrogen) atoms. The molecule has 0 spiro atoms. The van der Waals surface area contributed by atoms with Crippen molar-refractivity contribution < 1.29 is 9.94 Å². The highest BCUT2D eigenvalue weighted by Gasteiger charge is 2.14. The number of ether oxygens (including phenoxy) is 1. The van der Waals surface area contributed by atoms with Crippen LogP contribution >= 0.6 is 11.6 Å². The van der Waals surface area contributed by atoms with Crippen molar-refractivity contribution in [2.24, 2.45) is 5.16 Å². The molecule has 0 heterocycles. The minimum Gasteiger partial charge on any atom is -0.495 e. The van der Waals surface area contributed by atoms with Crippen LogP contribution < -0.4 is 10.1 Å². The molecule has 3 aromatic carbocycles. The van der Waals surface area contributed by atoms with E-state index >= 15 is 0 Å². The molecular formula is C21H19ClN2O2. The van der Waals surface area contributed by atoms with Gasteiger partial charge in [-0.15, -0.1) is 0 Å². The summed E-state index contributed by atoms with van der Waals surface area (Å²) in [6.07, 6.45) is 0. The van der Waals surface area contributed by atoms with Gasteiger partial charge in [0.1, 0.15) is 11.5 Å². The quantitative estimate of drug-likeness (QED) is 0.349. The number of rotatable bonds is 5. The Bertz CT molecular complexity index is 954. The summed E-state index contributed by atoms with van der Waals surface area (Å²) in [5, 5.41) is 16.8. The second-order valence-corrected chi connectivity index (χ2v) is 6.19. The van der Waals surface area contributed by atoms with Crippen molar-refractivity contribution in [3.05, 3.63) is 88.4 Å². The zero-order valence-electron chi connectivity index (χ0n) is 14.5. The van der Waals surface area contributed by atoms with E-state index in [9.17, 15) is 5.21 Å². The highest BCUT2D eigenvalue weighted by Crippen LogP contribution is 2.30. The van der Waals surface area contributed by atoms with Crippen molar-refractivity contribution in [1.82, 2.24) is 0 Å². The topological polar surface area (TPSA) is 53.8 Å². The smallest absolute Gasteiger partial charge is 0.142 e.